The standard InChI is InChI=1S/C18H18O2/c1-2-20-18(19)17-15(13-9-5-3-6-10-13)16(17)14-11-7-4-8-12-14/h3-12,15-17H,2H2,1H3/t15-,16-/m0/s1. The molecule has 1 aliphatic carbocycles. The lowest BCUT2D eigenvalue weighted by atomic mass is 10.0. The Morgan fingerprint density at radius 2 is 1.35 bits per heavy atom. The van der Waals surface area contributed by atoms with E-state index in [2.05, 4.69) is 24.3 Å². The molecule has 2 nitrogen and oxygen atoms in total. The van der Waals surface area contributed by atoms with E-state index in [9.17, 15) is 4.79 Å². The molecule has 2 aromatic carbocycles. The molecular weight excluding hydrogens is 248 g/mol. The molecule has 2 aromatic rings. The zero-order chi connectivity index (χ0) is 13.9. The maximum absolute atomic E-state index is 12.2. The summed E-state index contributed by atoms with van der Waals surface area (Å²) in [6, 6.07) is 20.5. The monoisotopic (exact) mass is 266 g/mol. The molecule has 1 fully saturated rings. The molecule has 2 atom stereocenters. The van der Waals surface area contributed by atoms with Crippen LogP contribution in [0.1, 0.15) is 29.9 Å². The van der Waals surface area contributed by atoms with Crippen LogP contribution < -0.4 is 0 Å². The van der Waals surface area contributed by atoms with E-state index in [0.29, 0.717) is 6.61 Å². The zero-order valence-electron chi connectivity index (χ0n) is 11.5. The Morgan fingerprint density at radius 3 is 1.75 bits per heavy atom. The highest BCUT2D eigenvalue weighted by Crippen LogP contribution is 2.60. The van der Waals surface area contributed by atoms with Crippen LogP contribution in [0.3, 0.4) is 0 Å². The summed E-state index contributed by atoms with van der Waals surface area (Å²) in [7, 11) is 0. The highest BCUT2D eigenvalue weighted by atomic mass is 16.5. The van der Waals surface area contributed by atoms with Crippen molar-refractivity contribution in [2.24, 2.45) is 5.92 Å². The van der Waals surface area contributed by atoms with E-state index in [4.69, 9.17) is 4.74 Å². The Morgan fingerprint density at radius 1 is 0.900 bits per heavy atom. The number of hydrogen-bond donors (Lipinski definition) is 0. The number of ether oxygens (including phenoxy) is 1. The lowest BCUT2D eigenvalue weighted by molar-refractivity contribution is -0.144. The maximum atomic E-state index is 12.2. The Balaban J connectivity index is 1.89. The van der Waals surface area contributed by atoms with Crippen molar-refractivity contribution in [2.75, 3.05) is 6.61 Å². The Labute approximate surface area is 119 Å². The van der Waals surface area contributed by atoms with Crippen molar-refractivity contribution in [1.82, 2.24) is 0 Å². The number of esters is 1. The van der Waals surface area contributed by atoms with Crippen LogP contribution in [0.15, 0.2) is 60.7 Å². The Bertz CT molecular complexity index is 531. The molecular formula is C18H18O2. The maximum Gasteiger partial charge on any atom is 0.310 e. The molecule has 20 heavy (non-hydrogen) atoms. The molecule has 0 amide bonds. The number of hydrogen-bond acceptors (Lipinski definition) is 2. The van der Waals surface area contributed by atoms with E-state index in [-0.39, 0.29) is 23.7 Å². The van der Waals surface area contributed by atoms with Gasteiger partial charge in [0.15, 0.2) is 0 Å². The largest absolute Gasteiger partial charge is 0.466 e. The number of benzene rings is 2. The molecule has 0 aliphatic heterocycles. The quantitative estimate of drug-likeness (QED) is 0.788. The SMILES string of the molecule is CCOC(=O)C1[C@@H](c2ccccc2)[C@@H]1c1ccccc1. The lowest BCUT2D eigenvalue weighted by Gasteiger charge is -2.00. The molecule has 2 heteroatoms. The second-order valence-corrected chi connectivity index (χ2v) is 5.15. The van der Waals surface area contributed by atoms with Gasteiger partial charge in [-0.25, -0.2) is 0 Å². The van der Waals surface area contributed by atoms with Crippen LogP contribution in [0.5, 0.6) is 0 Å². The van der Waals surface area contributed by atoms with Crippen LogP contribution in [-0.2, 0) is 9.53 Å². The molecule has 0 bridgehead atoms. The van der Waals surface area contributed by atoms with Crippen molar-refractivity contribution >= 4 is 5.97 Å². The fourth-order valence-corrected chi connectivity index (χ4v) is 3.02. The molecule has 102 valence electrons. The van der Waals surface area contributed by atoms with Crippen molar-refractivity contribution in [3.8, 4) is 0 Å². The normalized spacial score (nSPS) is 24.1. The fraction of sp³-hybridized carbons (Fsp3) is 0.278. The van der Waals surface area contributed by atoms with E-state index >= 15 is 0 Å². The van der Waals surface area contributed by atoms with Gasteiger partial charge in [0.05, 0.1) is 12.5 Å². The van der Waals surface area contributed by atoms with Crippen molar-refractivity contribution < 1.29 is 9.53 Å². The van der Waals surface area contributed by atoms with Crippen LogP contribution in [-0.4, -0.2) is 12.6 Å². The van der Waals surface area contributed by atoms with Crippen LogP contribution in [0.4, 0.5) is 0 Å². The van der Waals surface area contributed by atoms with Gasteiger partial charge < -0.3 is 4.74 Å². The summed E-state index contributed by atoms with van der Waals surface area (Å²) < 4.78 is 5.23. The van der Waals surface area contributed by atoms with Gasteiger partial charge in [-0.3, -0.25) is 4.79 Å². The Hall–Kier alpha value is -2.09. The average molecular weight is 266 g/mol. The molecule has 0 spiro atoms. The third-order valence-electron chi connectivity index (χ3n) is 3.95. The van der Waals surface area contributed by atoms with E-state index in [1.165, 1.54) is 11.1 Å². The van der Waals surface area contributed by atoms with E-state index < -0.39 is 0 Å². The predicted molar refractivity (Wildman–Crippen MR) is 78.5 cm³/mol. The Kier molecular flexibility index (Phi) is 3.55. The predicted octanol–water partition coefficient (Wildman–Crippen LogP) is 3.75. The van der Waals surface area contributed by atoms with Gasteiger partial charge in [-0.05, 0) is 18.1 Å². The summed E-state index contributed by atoms with van der Waals surface area (Å²) in [5.41, 5.74) is 2.44. The molecule has 0 saturated heterocycles. The molecule has 1 saturated carbocycles. The fourth-order valence-electron chi connectivity index (χ4n) is 3.02. The molecule has 0 radical (unpaired) electrons. The van der Waals surface area contributed by atoms with Gasteiger partial charge in [0.25, 0.3) is 0 Å². The van der Waals surface area contributed by atoms with E-state index in [1.54, 1.807) is 0 Å². The van der Waals surface area contributed by atoms with Gasteiger partial charge in [-0.1, -0.05) is 60.7 Å². The summed E-state index contributed by atoms with van der Waals surface area (Å²) in [4.78, 5) is 12.2. The van der Waals surface area contributed by atoms with Crippen LogP contribution in [0, 0.1) is 5.92 Å². The molecule has 0 N–H and O–H groups in total. The minimum Gasteiger partial charge on any atom is -0.466 e. The minimum absolute atomic E-state index is 0.0419. The smallest absolute Gasteiger partial charge is 0.310 e. The number of carbonyl (C=O) groups excluding carboxylic acids is 1. The van der Waals surface area contributed by atoms with Crippen LogP contribution in [0.2, 0.25) is 0 Å². The van der Waals surface area contributed by atoms with Crippen molar-refractivity contribution in [3.05, 3.63) is 71.8 Å². The zero-order valence-corrected chi connectivity index (χ0v) is 11.5. The third-order valence-corrected chi connectivity index (χ3v) is 3.95. The summed E-state index contributed by atoms with van der Waals surface area (Å²) in [6.07, 6.45) is 0. The summed E-state index contributed by atoms with van der Waals surface area (Å²) in [6.45, 7) is 2.30. The van der Waals surface area contributed by atoms with Gasteiger partial charge in [0, 0.05) is 11.8 Å². The van der Waals surface area contributed by atoms with Gasteiger partial charge in [-0.2, -0.15) is 0 Å². The van der Waals surface area contributed by atoms with Crippen molar-refractivity contribution in [3.63, 3.8) is 0 Å². The third kappa shape index (κ3) is 2.34. The lowest BCUT2D eigenvalue weighted by Crippen LogP contribution is -2.08. The number of carbonyl (C=O) groups is 1. The first-order chi connectivity index (χ1) is 9.83. The van der Waals surface area contributed by atoms with Gasteiger partial charge in [0.1, 0.15) is 0 Å². The highest BCUT2D eigenvalue weighted by Gasteiger charge is 2.56. The van der Waals surface area contributed by atoms with Gasteiger partial charge in [0.2, 0.25) is 0 Å². The van der Waals surface area contributed by atoms with Crippen molar-refractivity contribution in [1.29, 1.82) is 0 Å². The summed E-state index contributed by atoms with van der Waals surface area (Å²) in [5.74, 6) is 0.380. The molecule has 0 unspecified atom stereocenters. The summed E-state index contributed by atoms with van der Waals surface area (Å²) in [5, 5.41) is 0. The second kappa shape index (κ2) is 5.49. The van der Waals surface area contributed by atoms with Crippen LogP contribution >= 0.6 is 0 Å². The molecule has 3 rings (SSSR count). The van der Waals surface area contributed by atoms with Crippen molar-refractivity contribution in [2.45, 2.75) is 18.8 Å². The first-order valence-electron chi connectivity index (χ1n) is 7.09. The molecule has 0 heterocycles. The van der Waals surface area contributed by atoms with E-state index in [1.807, 2.05) is 43.3 Å². The van der Waals surface area contributed by atoms with Gasteiger partial charge >= 0.3 is 5.97 Å². The summed E-state index contributed by atoms with van der Waals surface area (Å²) >= 11 is 0. The molecule has 1 aliphatic rings. The highest BCUT2D eigenvalue weighted by molar-refractivity contribution is 5.80. The first kappa shape index (κ1) is 12.9. The van der Waals surface area contributed by atoms with Crippen LogP contribution in [0.25, 0.3) is 0 Å². The van der Waals surface area contributed by atoms with Gasteiger partial charge in [-0.15, -0.1) is 0 Å². The molecule has 0 aromatic heterocycles. The number of rotatable bonds is 4. The topological polar surface area (TPSA) is 26.3 Å². The minimum atomic E-state index is -0.0739. The van der Waals surface area contributed by atoms with E-state index in [0.717, 1.165) is 0 Å². The average Bonchev–Trinajstić information content (AvgIpc) is 3.25. The second-order valence-electron chi connectivity index (χ2n) is 5.15. The first-order valence-corrected chi connectivity index (χ1v) is 7.09.